The van der Waals surface area contributed by atoms with Crippen molar-refractivity contribution < 1.29 is 9.59 Å². The fraction of sp³-hybridized carbons (Fsp3) is 0.474. The molecule has 3 N–H and O–H groups in total. The minimum atomic E-state index is -0.414. The van der Waals surface area contributed by atoms with Crippen LogP contribution in [0.5, 0.6) is 0 Å². The number of imide groups is 1. The Morgan fingerprint density at radius 1 is 1.18 bits per heavy atom. The van der Waals surface area contributed by atoms with Crippen molar-refractivity contribution in [2.45, 2.75) is 49.9 Å². The summed E-state index contributed by atoms with van der Waals surface area (Å²) >= 11 is 2.63. The predicted octanol–water partition coefficient (Wildman–Crippen LogP) is 4.09. The van der Waals surface area contributed by atoms with Crippen LogP contribution in [0.25, 0.3) is 0 Å². The molecule has 1 heterocycles. The Labute approximate surface area is 173 Å². The molecule has 1 aromatic heterocycles. The fourth-order valence-corrected chi connectivity index (χ4v) is 4.68. The first-order valence-corrected chi connectivity index (χ1v) is 11.2. The summed E-state index contributed by atoms with van der Waals surface area (Å²) < 4.78 is 0.672. The van der Waals surface area contributed by atoms with E-state index in [2.05, 4.69) is 33.1 Å². The van der Waals surface area contributed by atoms with Gasteiger partial charge in [-0.3, -0.25) is 10.1 Å². The molecule has 1 saturated carbocycles. The smallest absolute Gasteiger partial charge is 0.321 e. The van der Waals surface area contributed by atoms with Gasteiger partial charge >= 0.3 is 6.03 Å². The van der Waals surface area contributed by atoms with Gasteiger partial charge in [-0.1, -0.05) is 60.6 Å². The van der Waals surface area contributed by atoms with E-state index in [-0.39, 0.29) is 17.7 Å². The molecule has 3 amide bonds. The summed E-state index contributed by atoms with van der Waals surface area (Å²) in [5.74, 6) is 0.228. The third-order valence-electron chi connectivity index (χ3n) is 4.72. The van der Waals surface area contributed by atoms with E-state index in [1.165, 1.54) is 35.1 Å². The molecule has 28 heavy (non-hydrogen) atoms. The number of urea groups is 1. The van der Waals surface area contributed by atoms with E-state index in [1.54, 1.807) is 0 Å². The van der Waals surface area contributed by atoms with E-state index in [0.29, 0.717) is 15.4 Å². The monoisotopic (exact) mass is 419 g/mol. The van der Waals surface area contributed by atoms with Crippen LogP contribution in [0.1, 0.15) is 38.2 Å². The number of amides is 3. The van der Waals surface area contributed by atoms with Crippen molar-refractivity contribution in [2.24, 2.45) is 5.92 Å². The number of anilines is 2. The Hall–Kier alpha value is -2.13. The summed E-state index contributed by atoms with van der Waals surface area (Å²) in [7, 11) is 0. The molecule has 2 aromatic rings. The van der Waals surface area contributed by atoms with Crippen LogP contribution in [-0.2, 0) is 4.79 Å². The standard InChI is InChI=1S/C19H25N5O2S2/c1-12-7-9-14(10-8-12)20-18-23-24-19(28-18)27-11-16(25)22-17(26)21-15-6-4-3-5-13(15)2/h7-10,13,15H,3-6,11H2,1-2H3,(H,20,23)(H2,21,22,25,26)/t13-,15-/m1/s1. The van der Waals surface area contributed by atoms with E-state index in [9.17, 15) is 9.59 Å². The molecule has 0 unspecified atom stereocenters. The van der Waals surface area contributed by atoms with Crippen LogP contribution in [0.4, 0.5) is 15.6 Å². The van der Waals surface area contributed by atoms with Crippen molar-refractivity contribution in [3.05, 3.63) is 29.8 Å². The number of carbonyl (C=O) groups excluding carboxylic acids is 2. The molecule has 1 aromatic carbocycles. The molecule has 0 bridgehead atoms. The number of rotatable bonds is 6. The molecule has 1 aliphatic carbocycles. The summed E-state index contributed by atoms with van der Waals surface area (Å²) in [6.07, 6.45) is 4.41. The van der Waals surface area contributed by atoms with E-state index in [0.717, 1.165) is 24.9 Å². The lowest BCUT2D eigenvalue weighted by Gasteiger charge is -2.29. The summed E-state index contributed by atoms with van der Waals surface area (Å²) in [5.41, 5.74) is 2.12. The molecule has 1 fully saturated rings. The number of nitrogens with zero attached hydrogens (tertiary/aromatic N) is 2. The molecule has 0 aliphatic heterocycles. The third-order valence-corrected chi connectivity index (χ3v) is 6.69. The highest BCUT2D eigenvalue weighted by Crippen LogP contribution is 2.27. The van der Waals surface area contributed by atoms with E-state index in [4.69, 9.17) is 0 Å². The van der Waals surface area contributed by atoms with Crippen molar-refractivity contribution in [1.82, 2.24) is 20.8 Å². The maximum absolute atomic E-state index is 12.0. The van der Waals surface area contributed by atoms with E-state index >= 15 is 0 Å². The van der Waals surface area contributed by atoms with Gasteiger partial charge in [0.15, 0.2) is 4.34 Å². The molecule has 7 nitrogen and oxygen atoms in total. The third kappa shape index (κ3) is 6.20. The lowest BCUT2D eigenvalue weighted by atomic mass is 9.86. The number of hydrogen-bond acceptors (Lipinski definition) is 7. The van der Waals surface area contributed by atoms with Crippen LogP contribution < -0.4 is 16.0 Å². The molecule has 1 aliphatic rings. The first-order valence-electron chi connectivity index (χ1n) is 9.40. The van der Waals surface area contributed by atoms with Crippen LogP contribution >= 0.6 is 23.1 Å². The van der Waals surface area contributed by atoms with Crippen LogP contribution in [0, 0.1) is 12.8 Å². The Morgan fingerprint density at radius 3 is 2.68 bits per heavy atom. The predicted molar refractivity (Wildman–Crippen MR) is 113 cm³/mol. The minimum Gasteiger partial charge on any atom is -0.335 e. The average molecular weight is 420 g/mol. The Morgan fingerprint density at radius 2 is 1.93 bits per heavy atom. The number of thioether (sulfide) groups is 1. The van der Waals surface area contributed by atoms with Gasteiger partial charge in [0.2, 0.25) is 11.0 Å². The maximum atomic E-state index is 12.0. The molecule has 0 radical (unpaired) electrons. The molecule has 0 spiro atoms. The first-order chi connectivity index (χ1) is 13.5. The van der Waals surface area contributed by atoms with E-state index < -0.39 is 6.03 Å². The Balaban J connectivity index is 1.41. The number of benzene rings is 1. The van der Waals surface area contributed by atoms with Crippen molar-refractivity contribution in [1.29, 1.82) is 0 Å². The fourth-order valence-electron chi connectivity index (χ4n) is 3.10. The molecule has 2 atom stereocenters. The minimum absolute atomic E-state index is 0.118. The SMILES string of the molecule is Cc1ccc(Nc2nnc(SCC(=O)NC(=O)N[C@@H]3CCCC[C@H]3C)s2)cc1. The van der Waals surface area contributed by atoms with Crippen molar-refractivity contribution in [3.8, 4) is 0 Å². The van der Waals surface area contributed by atoms with E-state index in [1.807, 2.05) is 31.2 Å². The second-order valence-corrected chi connectivity index (χ2v) is 9.24. The Bertz CT molecular complexity index is 809. The van der Waals surface area contributed by atoms with Crippen LogP contribution in [0.2, 0.25) is 0 Å². The summed E-state index contributed by atoms with van der Waals surface area (Å²) in [4.78, 5) is 24.0. The van der Waals surface area contributed by atoms with Crippen LogP contribution in [0.15, 0.2) is 28.6 Å². The average Bonchev–Trinajstić information content (AvgIpc) is 3.11. The van der Waals surface area contributed by atoms with Gasteiger partial charge in [0.05, 0.1) is 5.75 Å². The zero-order chi connectivity index (χ0) is 19.9. The second kappa shape index (κ2) is 9.88. The zero-order valence-corrected chi connectivity index (χ0v) is 17.7. The highest BCUT2D eigenvalue weighted by atomic mass is 32.2. The topological polar surface area (TPSA) is 96.0 Å². The van der Waals surface area contributed by atoms with Gasteiger partial charge in [0, 0.05) is 11.7 Å². The Kier molecular flexibility index (Phi) is 7.27. The number of carbonyl (C=O) groups is 2. The summed E-state index contributed by atoms with van der Waals surface area (Å²) in [5, 5.41) is 17.3. The quantitative estimate of drug-likeness (QED) is 0.611. The van der Waals surface area contributed by atoms with Gasteiger partial charge in [0.1, 0.15) is 0 Å². The largest absolute Gasteiger partial charge is 0.335 e. The number of aryl methyl sites for hydroxylation is 1. The van der Waals surface area contributed by atoms with Crippen molar-refractivity contribution in [3.63, 3.8) is 0 Å². The molecule has 9 heteroatoms. The number of nitrogens with one attached hydrogen (secondary N) is 3. The normalized spacial score (nSPS) is 19.1. The van der Waals surface area contributed by atoms with Gasteiger partial charge in [-0.05, 0) is 37.8 Å². The van der Waals surface area contributed by atoms with Gasteiger partial charge in [-0.15, -0.1) is 10.2 Å². The second-order valence-electron chi connectivity index (χ2n) is 7.04. The van der Waals surface area contributed by atoms with Crippen molar-refractivity contribution in [2.75, 3.05) is 11.1 Å². The maximum Gasteiger partial charge on any atom is 0.321 e. The van der Waals surface area contributed by atoms with Crippen molar-refractivity contribution >= 4 is 45.9 Å². The van der Waals surface area contributed by atoms with Gasteiger partial charge in [-0.2, -0.15) is 0 Å². The lowest BCUT2D eigenvalue weighted by Crippen LogP contribution is -2.48. The zero-order valence-electron chi connectivity index (χ0n) is 16.0. The summed E-state index contributed by atoms with van der Waals surface area (Å²) in [6, 6.07) is 7.72. The molecule has 150 valence electrons. The van der Waals surface area contributed by atoms with Gasteiger partial charge in [-0.25, -0.2) is 4.79 Å². The molecule has 3 rings (SSSR count). The first kappa shape index (κ1) is 20.6. The molecular formula is C19H25N5O2S2. The van der Waals surface area contributed by atoms with Crippen LogP contribution in [0.3, 0.4) is 0 Å². The highest BCUT2D eigenvalue weighted by Gasteiger charge is 2.23. The summed E-state index contributed by atoms with van der Waals surface area (Å²) in [6.45, 7) is 4.17. The van der Waals surface area contributed by atoms with Crippen LogP contribution in [-0.4, -0.2) is 33.9 Å². The van der Waals surface area contributed by atoms with Gasteiger partial charge < -0.3 is 10.6 Å². The molecular weight excluding hydrogens is 394 g/mol. The number of hydrogen-bond donors (Lipinski definition) is 3. The lowest BCUT2D eigenvalue weighted by molar-refractivity contribution is -0.117. The molecule has 0 saturated heterocycles. The highest BCUT2D eigenvalue weighted by molar-refractivity contribution is 8.01. The van der Waals surface area contributed by atoms with Gasteiger partial charge in [0.25, 0.3) is 0 Å². The number of aromatic nitrogens is 2.